The molecule has 1 fully saturated rings. The first kappa shape index (κ1) is 21.7. The second kappa shape index (κ2) is 8.19. The molecule has 0 aliphatic carbocycles. The van der Waals surface area contributed by atoms with Gasteiger partial charge in [-0.25, -0.2) is 4.99 Å². The van der Waals surface area contributed by atoms with Gasteiger partial charge in [0, 0.05) is 17.3 Å². The number of nitrogens with zero attached hydrogens (tertiary/aromatic N) is 2. The summed E-state index contributed by atoms with van der Waals surface area (Å²) in [6.45, 7) is 13.5. The lowest BCUT2D eigenvalue weighted by atomic mass is 9.79. The van der Waals surface area contributed by atoms with Crippen molar-refractivity contribution >= 4 is 40.3 Å². The molecule has 0 radical (unpaired) electrons. The molecule has 0 spiro atoms. The minimum atomic E-state index is -0.0898. The number of amidine groups is 1. The molecule has 0 aromatic heterocycles. The van der Waals surface area contributed by atoms with Crippen LogP contribution in [0.2, 0.25) is 0 Å². The molecule has 4 nitrogen and oxygen atoms in total. The third-order valence-corrected chi connectivity index (χ3v) is 7.01. The predicted octanol–water partition coefficient (Wildman–Crippen LogP) is 6.39. The molecule has 1 atom stereocenters. The first-order chi connectivity index (χ1) is 14.7. The maximum Gasteiger partial charge on any atom is 0.264 e. The number of aliphatic imine (C=N–C) groups is 1. The summed E-state index contributed by atoms with van der Waals surface area (Å²) in [6.07, 6.45) is 3.09. The minimum Gasteiger partial charge on any atom is -0.364 e. The summed E-state index contributed by atoms with van der Waals surface area (Å²) < 4.78 is 0. The van der Waals surface area contributed by atoms with E-state index in [1.54, 1.807) is 0 Å². The number of aryl methyl sites for hydroxylation is 1. The van der Waals surface area contributed by atoms with Crippen molar-refractivity contribution in [1.29, 1.82) is 0 Å². The first-order valence-electron chi connectivity index (χ1n) is 10.9. The van der Waals surface area contributed by atoms with Gasteiger partial charge in [0.1, 0.15) is 0 Å². The lowest BCUT2D eigenvalue weighted by Crippen LogP contribution is -2.51. The molecule has 0 unspecified atom stereocenters. The number of hydrogen-bond acceptors (Lipinski definition) is 4. The van der Waals surface area contributed by atoms with E-state index in [2.05, 4.69) is 68.0 Å². The van der Waals surface area contributed by atoms with Crippen molar-refractivity contribution in [1.82, 2.24) is 5.32 Å². The monoisotopic (exact) mass is 433 g/mol. The summed E-state index contributed by atoms with van der Waals surface area (Å²) in [7, 11) is 0. The molecule has 2 heterocycles. The van der Waals surface area contributed by atoms with Gasteiger partial charge in [-0.15, -0.1) is 0 Å². The number of carbonyl (C=O) groups is 1. The Bertz CT molecular complexity index is 1080. The predicted molar refractivity (Wildman–Crippen MR) is 133 cm³/mol. The highest BCUT2D eigenvalue weighted by molar-refractivity contribution is 8.18. The molecular formula is C26H31N3OS. The quantitative estimate of drug-likeness (QED) is 0.571. The van der Waals surface area contributed by atoms with E-state index < -0.39 is 0 Å². The number of anilines is 1. The average molecular weight is 434 g/mol. The maximum atomic E-state index is 12.6. The molecule has 2 aliphatic heterocycles. The molecule has 0 bridgehead atoms. The number of carbonyl (C=O) groups excluding carboxylic acids is 1. The standard InChI is InChI=1S/C26H31N3OS/c1-16(2)29-22-12-11-19(13-20(22)18(4)15-26(29,5)6)14-23-24(30)28-25(31-23)27-21-10-8-7-9-17(21)3/h7-14,16,18H,15H2,1-6H3,(H,27,28,30)/b23-14-/t18-/m1/s1. The third-order valence-electron chi connectivity index (χ3n) is 6.10. The Labute approximate surface area is 189 Å². The van der Waals surface area contributed by atoms with Crippen molar-refractivity contribution in [2.24, 2.45) is 4.99 Å². The number of rotatable bonds is 3. The number of benzene rings is 2. The highest BCUT2D eigenvalue weighted by atomic mass is 32.2. The van der Waals surface area contributed by atoms with Gasteiger partial charge in [-0.1, -0.05) is 31.2 Å². The fraction of sp³-hybridized carbons (Fsp3) is 0.385. The van der Waals surface area contributed by atoms with E-state index in [0.29, 0.717) is 22.0 Å². The summed E-state index contributed by atoms with van der Waals surface area (Å²) in [6, 6.07) is 15.0. The van der Waals surface area contributed by atoms with E-state index in [-0.39, 0.29) is 11.4 Å². The van der Waals surface area contributed by atoms with Gasteiger partial charge in [0.2, 0.25) is 0 Å². The van der Waals surface area contributed by atoms with Crippen LogP contribution < -0.4 is 10.2 Å². The van der Waals surface area contributed by atoms with E-state index in [9.17, 15) is 4.79 Å². The largest absolute Gasteiger partial charge is 0.364 e. The molecule has 31 heavy (non-hydrogen) atoms. The number of para-hydroxylation sites is 1. The fourth-order valence-electron chi connectivity index (χ4n) is 4.97. The number of fused-ring (bicyclic) bond motifs is 1. The van der Waals surface area contributed by atoms with Crippen molar-refractivity contribution in [2.75, 3.05) is 4.90 Å². The van der Waals surface area contributed by atoms with Crippen LogP contribution in [0.25, 0.3) is 6.08 Å². The van der Waals surface area contributed by atoms with Gasteiger partial charge >= 0.3 is 0 Å². The number of nitrogens with one attached hydrogen (secondary N) is 1. The lowest BCUT2D eigenvalue weighted by Gasteiger charge is -2.50. The van der Waals surface area contributed by atoms with Crippen molar-refractivity contribution in [2.45, 2.75) is 65.5 Å². The Kier molecular flexibility index (Phi) is 5.73. The van der Waals surface area contributed by atoms with Gasteiger partial charge in [-0.05, 0) is 99.7 Å². The van der Waals surface area contributed by atoms with Crippen LogP contribution in [0, 0.1) is 6.92 Å². The SMILES string of the molecule is Cc1ccccc1N=C1NC(=O)/C(=C/c2ccc3c(c2)[C@H](C)CC(C)(C)N3C(C)C)S1. The summed E-state index contributed by atoms with van der Waals surface area (Å²) in [5.41, 5.74) is 5.83. The molecule has 1 saturated heterocycles. The topological polar surface area (TPSA) is 44.7 Å². The molecule has 1 amide bonds. The molecule has 2 aromatic rings. The molecule has 1 N–H and O–H groups in total. The fourth-order valence-corrected chi connectivity index (χ4v) is 5.80. The average Bonchev–Trinajstić information content (AvgIpc) is 3.02. The van der Waals surface area contributed by atoms with E-state index in [1.807, 2.05) is 37.3 Å². The zero-order chi connectivity index (χ0) is 22.3. The zero-order valence-electron chi connectivity index (χ0n) is 19.2. The molecule has 2 aromatic carbocycles. The third kappa shape index (κ3) is 4.29. The Balaban J connectivity index is 1.64. The van der Waals surface area contributed by atoms with Gasteiger partial charge < -0.3 is 10.2 Å². The van der Waals surface area contributed by atoms with Gasteiger partial charge in [-0.2, -0.15) is 0 Å². The van der Waals surface area contributed by atoms with E-state index in [1.165, 1.54) is 23.0 Å². The van der Waals surface area contributed by atoms with Crippen LogP contribution in [-0.4, -0.2) is 22.7 Å². The first-order valence-corrected chi connectivity index (χ1v) is 11.8. The molecular weight excluding hydrogens is 402 g/mol. The van der Waals surface area contributed by atoms with Crippen molar-refractivity contribution in [3.05, 3.63) is 64.1 Å². The normalized spacial score (nSPS) is 22.9. The van der Waals surface area contributed by atoms with E-state index >= 15 is 0 Å². The van der Waals surface area contributed by atoms with Crippen LogP contribution in [0.1, 0.15) is 63.6 Å². The van der Waals surface area contributed by atoms with Gasteiger partial charge in [-0.3, -0.25) is 4.79 Å². The minimum absolute atomic E-state index is 0.0898. The maximum absolute atomic E-state index is 12.6. The van der Waals surface area contributed by atoms with Crippen LogP contribution >= 0.6 is 11.8 Å². The molecule has 0 saturated carbocycles. The smallest absolute Gasteiger partial charge is 0.264 e. The molecule has 2 aliphatic rings. The highest BCUT2D eigenvalue weighted by Crippen LogP contribution is 2.45. The van der Waals surface area contributed by atoms with Crippen LogP contribution in [0.15, 0.2) is 52.4 Å². The van der Waals surface area contributed by atoms with Crippen LogP contribution in [-0.2, 0) is 4.79 Å². The Morgan fingerprint density at radius 1 is 1.23 bits per heavy atom. The zero-order valence-corrected chi connectivity index (χ0v) is 20.0. The van der Waals surface area contributed by atoms with Crippen molar-refractivity contribution in [3.63, 3.8) is 0 Å². The van der Waals surface area contributed by atoms with Crippen LogP contribution in [0.3, 0.4) is 0 Å². The summed E-state index contributed by atoms with van der Waals surface area (Å²) in [4.78, 5) is 20.4. The van der Waals surface area contributed by atoms with Crippen molar-refractivity contribution in [3.8, 4) is 0 Å². The second-order valence-corrected chi connectivity index (χ2v) is 10.5. The van der Waals surface area contributed by atoms with E-state index in [4.69, 9.17) is 0 Å². The van der Waals surface area contributed by atoms with Gasteiger partial charge in [0.05, 0.1) is 10.6 Å². The Morgan fingerprint density at radius 3 is 2.68 bits per heavy atom. The lowest BCUT2D eigenvalue weighted by molar-refractivity contribution is -0.115. The summed E-state index contributed by atoms with van der Waals surface area (Å²) in [5.74, 6) is 0.384. The van der Waals surface area contributed by atoms with E-state index in [0.717, 1.165) is 23.2 Å². The number of thioether (sulfide) groups is 1. The summed E-state index contributed by atoms with van der Waals surface area (Å²) in [5, 5.41) is 3.53. The van der Waals surface area contributed by atoms with Gasteiger partial charge in [0.15, 0.2) is 5.17 Å². The molecule has 4 rings (SSSR count). The van der Waals surface area contributed by atoms with Crippen molar-refractivity contribution < 1.29 is 4.79 Å². The molecule has 162 valence electrons. The Hall–Kier alpha value is -2.53. The van der Waals surface area contributed by atoms with Crippen LogP contribution in [0.5, 0.6) is 0 Å². The Morgan fingerprint density at radius 2 is 1.97 bits per heavy atom. The van der Waals surface area contributed by atoms with Crippen LogP contribution in [0.4, 0.5) is 11.4 Å². The molecule has 5 heteroatoms. The summed E-state index contributed by atoms with van der Waals surface area (Å²) >= 11 is 1.40. The number of amides is 1. The highest BCUT2D eigenvalue weighted by Gasteiger charge is 2.37. The number of hydrogen-bond donors (Lipinski definition) is 1. The second-order valence-electron chi connectivity index (χ2n) is 9.47. The van der Waals surface area contributed by atoms with Gasteiger partial charge in [0.25, 0.3) is 5.91 Å².